The third-order valence-electron chi connectivity index (χ3n) is 4.70. The third kappa shape index (κ3) is 5.17. The number of anilines is 1. The molecule has 0 aliphatic carbocycles. The summed E-state index contributed by atoms with van der Waals surface area (Å²) >= 11 is 6.04. The summed E-state index contributed by atoms with van der Waals surface area (Å²) < 4.78 is 31.8. The molecule has 0 spiro atoms. The maximum atomic E-state index is 12.9. The van der Waals surface area contributed by atoms with E-state index in [4.69, 9.17) is 16.3 Å². The molecule has 0 fully saturated rings. The van der Waals surface area contributed by atoms with Crippen molar-refractivity contribution in [2.24, 2.45) is 0 Å². The Bertz CT molecular complexity index is 1300. The molecule has 1 N–H and O–H groups in total. The quantitative estimate of drug-likeness (QED) is 0.560. The maximum Gasteiger partial charge on any atom is 0.267 e. The van der Waals surface area contributed by atoms with Crippen LogP contribution in [0.15, 0.2) is 69.3 Å². The van der Waals surface area contributed by atoms with Gasteiger partial charge in [-0.05, 0) is 47.9 Å². The molecule has 0 unspecified atom stereocenters. The number of hydrogen-bond donors (Lipinski definition) is 1. The summed E-state index contributed by atoms with van der Waals surface area (Å²) in [6, 6.07) is 13.3. The van der Waals surface area contributed by atoms with Gasteiger partial charge in [0, 0.05) is 11.8 Å². The fourth-order valence-electron chi connectivity index (χ4n) is 2.92. The highest BCUT2D eigenvalue weighted by Crippen LogP contribution is 2.27. The van der Waals surface area contributed by atoms with Crippen LogP contribution in [0.1, 0.15) is 25.3 Å². The number of rotatable bonds is 7. The summed E-state index contributed by atoms with van der Waals surface area (Å²) in [5.74, 6) is 0.129. The standard InChI is InChI=1S/C22H22ClN3O5S/c1-14(2)15-4-7-17(8-5-15)32(29,30)21-10-11-22(28)26(25-21)13-20(27)24-16-6-9-19(31-3)18(23)12-16/h4-12,14H,13H2,1-3H3,(H,24,27). The van der Waals surface area contributed by atoms with E-state index in [9.17, 15) is 18.0 Å². The molecule has 1 amide bonds. The largest absolute Gasteiger partial charge is 0.495 e. The Kier molecular flexibility index (Phi) is 7.00. The van der Waals surface area contributed by atoms with E-state index < -0.39 is 27.8 Å². The molecule has 168 valence electrons. The Hall–Kier alpha value is -3.17. The first-order valence-electron chi connectivity index (χ1n) is 9.68. The minimum atomic E-state index is -3.96. The van der Waals surface area contributed by atoms with Crippen molar-refractivity contribution in [1.82, 2.24) is 9.78 Å². The summed E-state index contributed by atoms with van der Waals surface area (Å²) in [5.41, 5.74) is 0.780. The van der Waals surface area contributed by atoms with E-state index in [0.29, 0.717) is 16.5 Å². The van der Waals surface area contributed by atoms with Gasteiger partial charge in [0.2, 0.25) is 15.7 Å². The lowest BCUT2D eigenvalue weighted by Crippen LogP contribution is -2.30. The van der Waals surface area contributed by atoms with E-state index in [-0.39, 0.29) is 15.8 Å². The number of benzene rings is 2. The topological polar surface area (TPSA) is 107 Å². The number of ether oxygens (including phenoxy) is 1. The highest BCUT2D eigenvalue weighted by Gasteiger charge is 2.21. The van der Waals surface area contributed by atoms with Crippen LogP contribution < -0.4 is 15.6 Å². The summed E-state index contributed by atoms with van der Waals surface area (Å²) in [4.78, 5) is 24.6. The van der Waals surface area contributed by atoms with Gasteiger partial charge in [-0.15, -0.1) is 0 Å². The number of carbonyl (C=O) groups excluding carboxylic acids is 1. The number of nitrogens with zero attached hydrogens (tertiary/aromatic N) is 2. The van der Waals surface area contributed by atoms with Gasteiger partial charge in [-0.3, -0.25) is 9.59 Å². The van der Waals surface area contributed by atoms with Crippen LogP contribution in [0, 0.1) is 0 Å². The minimum Gasteiger partial charge on any atom is -0.495 e. The molecule has 0 saturated heterocycles. The Balaban J connectivity index is 1.82. The molecule has 32 heavy (non-hydrogen) atoms. The molecule has 2 aromatic carbocycles. The molecule has 1 heterocycles. The van der Waals surface area contributed by atoms with Crippen LogP contribution in [0.4, 0.5) is 5.69 Å². The Morgan fingerprint density at radius 3 is 2.41 bits per heavy atom. The van der Waals surface area contributed by atoms with E-state index in [1.54, 1.807) is 24.3 Å². The molecule has 8 nitrogen and oxygen atoms in total. The van der Waals surface area contributed by atoms with Gasteiger partial charge < -0.3 is 10.1 Å². The van der Waals surface area contributed by atoms with E-state index in [1.807, 2.05) is 13.8 Å². The van der Waals surface area contributed by atoms with Crippen molar-refractivity contribution < 1.29 is 17.9 Å². The van der Waals surface area contributed by atoms with Gasteiger partial charge in [-0.25, -0.2) is 13.1 Å². The second-order valence-electron chi connectivity index (χ2n) is 7.29. The first-order chi connectivity index (χ1) is 15.1. The van der Waals surface area contributed by atoms with Gasteiger partial charge in [0.1, 0.15) is 12.3 Å². The molecular weight excluding hydrogens is 454 g/mol. The number of nitrogens with one attached hydrogen (secondary N) is 1. The smallest absolute Gasteiger partial charge is 0.267 e. The maximum absolute atomic E-state index is 12.9. The molecule has 0 atom stereocenters. The number of sulfone groups is 1. The molecule has 0 bridgehead atoms. The van der Waals surface area contributed by atoms with Crippen molar-refractivity contribution in [1.29, 1.82) is 0 Å². The van der Waals surface area contributed by atoms with Gasteiger partial charge in [-0.2, -0.15) is 5.10 Å². The van der Waals surface area contributed by atoms with Crippen LogP contribution >= 0.6 is 11.6 Å². The predicted octanol–water partition coefficient (Wildman–Crippen LogP) is 3.50. The van der Waals surface area contributed by atoms with Crippen molar-refractivity contribution in [3.05, 3.63) is 75.5 Å². The van der Waals surface area contributed by atoms with Gasteiger partial charge >= 0.3 is 0 Å². The van der Waals surface area contributed by atoms with Crippen LogP contribution in [0.25, 0.3) is 0 Å². The van der Waals surface area contributed by atoms with Crippen molar-refractivity contribution in [2.75, 3.05) is 12.4 Å². The summed E-state index contributed by atoms with van der Waals surface area (Å²) in [6.07, 6.45) is 0. The number of hydrogen-bond acceptors (Lipinski definition) is 6. The number of methoxy groups -OCH3 is 1. The van der Waals surface area contributed by atoms with Crippen molar-refractivity contribution in [3.8, 4) is 5.75 Å². The normalized spacial score (nSPS) is 11.4. The molecule has 0 aliphatic rings. The molecule has 0 aliphatic heterocycles. The molecule has 3 rings (SSSR count). The van der Waals surface area contributed by atoms with E-state index >= 15 is 0 Å². The summed E-state index contributed by atoms with van der Waals surface area (Å²) in [7, 11) is -2.49. The van der Waals surface area contributed by atoms with Crippen LogP contribution in [0.3, 0.4) is 0 Å². The van der Waals surface area contributed by atoms with Gasteiger partial charge in [0.05, 0.1) is 17.0 Å². The molecular formula is C22H22ClN3O5S. The first-order valence-corrected chi connectivity index (χ1v) is 11.5. The number of aromatic nitrogens is 2. The van der Waals surface area contributed by atoms with Crippen molar-refractivity contribution in [3.63, 3.8) is 0 Å². The Morgan fingerprint density at radius 1 is 1.12 bits per heavy atom. The molecule has 1 aromatic heterocycles. The van der Waals surface area contributed by atoms with Gasteiger partial charge in [0.15, 0.2) is 5.03 Å². The minimum absolute atomic E-state index is 0.0527. The van der Waals surface area contributed by atoms with Crippen LogP contribution in [-0.2, 0) is 21.2 Å². The van der Waals surface area contributed by atoms with E-state index in [2.05, 4.69) is 10.4 Å². The highest BCUT2D eigenvalue weighted by atomic mass is 35.5. The average Bonchev–Trinajstić information content (AvgIpc) is 2.75. The average molecular weight is 476 g/mol. The van der Waals surface area contributed by atoms with Crippen LogP contribution in [0.2, 0.25) is 5.02 Å². The molecule has 0 saturated carbocycles. The van der Waals surface area contributed by atoms with Crippen LogP contribution in [-0.4, -0.2) is 31.2 Å². The second kappa shape index (κ2) is 9.54. The third-order valence-corrected chi connectivity index (χ3v) is 6.66. The zero-order valence-corrected chi connectivity index (χ0v) is 19.3. The van der Waals surface area contributed by atoms with Gasteiger partial charge in [0.25, 0.3) is 5.56 Å². The molecule has 0 radical (unpaired) electrons. The number of halogens is 1. The summed E-state index contributed by atoms with van der Waals surface area (Å²) in [5, 5.41) is 6.48. The predicted molar refractivity (Wildman–Crippen MR) is 121 cm³/mol. The van der Waals surface area contributed by atoms with Gasteiger partial charge in [-0.1, -0.05) is 37.6 Å². The lowest BCUT2D eigenvalue weighted by Gasteiger charge is -2.10. The molecule has 10 heteroatoms. The van der Waals surface area contributed by atoms with Crippen molar-refractivity contribution in [2.45, 2.75) is 36.2 Å². The zero-order chi connectivity index (χ0) is 23.5. The zero-order valence-electron chi connectivity index (χ0n) is 17.7. The second-order valence-corrected chi connectivity index (χ2v) is 9.60. The van der Waals surface area contributed by atoms with E-state index in [0.717, 1.165) is 22.4 Å². The lowest BCUT2D eigenvalue weighted by atomic mass is 10.0. The monoisotopic (exact) mass is 475 g/mol. The lowest BCUT2D eigenvalue weighted by molar-refractivity contribution is -0.117. The number of carbonyl (C=O) groups is 1. The first kappa shape index (κ1) is 23.5. The summed E-state index contributed by atoms with van der Waals surface area (Å²) in [6.45, 7) is 3.54. The van der Waals surface area contributed by atoms with Crippen LogP contribution in [0.5, 0.6) is 5.75 Å². The van der Waals surface area contributed by atoms with E-state index in [1.165, 1.54) is 25.3 Å². The molecule has 3 aromatic rings. The fourth-order valence-corrected chi connectivity index (χ4v) is 4.37. The fraction of sp³-hybridized carbons (Fsp3) is 0.227. The van der Waals surface area contributed by atoms with Crippen molar-refractivity contribution >= 4 is 33.0 Å². The Labute approximate surface area is 190 Å². The highest BCUT2D eigenvalue weighted by molar-refractivity contribution is 7.91. The SMILES string of the molecule is COc1ccc(NC(=O)Cn2nc(S(=O)(=O)c3ccc(C(C)C)cc3)ccc2=O)cc1Cl. The number of amides is 1. The Morgan fingerprint density at radius 2 is 1.81 bits per heavy atom.